The van der Waals surface area contributed by atoms with Crippen LogP contribution in [0.5, 0.6) is 0 Å². The molecule has 0 unspecified atom stereocenters. The Morgan fingerprint density at radius 1 is 1.43 bits per heavy atom. The summed E-state index contributed by atoms with van der Waals surface area (Å²) in [6.07, 6.45) is 2.39. The fourth-order valence-electron chi connectivity index (χ4n) is 1.81. The highest BCUT2D eigenvalue weighted by atomic mass is 32.2. The predicted molar refractivity (Wildman–Crippen MR) is 55.8 cm³/mol. The molecule has 74 valence electrons. The highest BCUT2D eigenvalue weighted by Gasteiger charge is 2.33. The number of nitrogens with zero attached hydrogens (tertiary/aromatic N) is 1. The SMILES string of the molecule is Fc1cccc2c1N(C1CC1)CNS2. The normalized spacial score (nSPS) is 20.8. The van der Waals surface area contributed by atoms with Gasteiger partial charge in [0.2, 0.25) is 0 Å². The van der Waals surface area contributed by atoms with Crippen molar-refractivity contribution in [3.63, 3.8) is 0 Å². The van der Waals surface area contributed by atoms with Crippen LogP contribution in [0, 0.1) is 5.82 Å². The van der Waals surface area contributed by atoms with E-state index in [1.54, 1.807) is 12.1 Å². The summed E-state index contributed by atoms with van der Waals surface area (Å²) in [5, 5.41) is 0. The van der Waals surface area contributed by atoms with E-state index in [1.807, 2.05) is 6.07 Å². The van der Waals surface area contributed by atoms with Crippen molar-refractivity contribution in [2.45, 2.75) is 23.8 Å². The molecule has 0 bridgehead atoms. The second kappa shape index (κ2) is 3.14. The largest absolute Gasteiger partial charge is 0.352 e. The Bertz CT molecular complexity index is 365. The topological polar surface area (TPSA) is 15.3 Å². The van der Waals surface area contributed by atoms with Gasteiger partial charge in [-0.2, -0.15) is 0 Å². The molecule has 2 aliphatic rings. The first-order valence-electron chi connectivity index (χ1n) is 4.81. The molecule has 4 heteroatoms. The smallest absolute Gasteiger partial charge is 0.147 e. The summed E-state index contributed by atoms with van der Waals surface area (Å²) in [6, 6.07) is 5.82. The van der Waals surface area contributed by atoms with Crippen molar-refractivity contribution in [1.82, 2.24) is 4.72 Å². The molecule has 1 saturated carbocycles. The van der Waals surface area contributed by atoms with Crippen LogP contribution in [0.1, 0.15) is 12.8 Å². The predicted octanol–water partition coefficient (Wildman–Crippen LogP) is 2.36. The van der Waals surface area contributed by atoms with Gasteiger partial charge in [0, 0.05) is 10.9 Å². The molecule has 14 heavy (non-hydrogen) atoms. The van der Waals surface area contributed by atoms with Crippen LogP contribution in [0.3, 0.4) is 0 Å². The zero-order valence-corrected chi connectivity index (χ0v) is 8.48. The van der Waals surface area contributed by atoms with Crippen LogP contribution in [0.25, 0.3) is 0 Å². The third-order valence-corrected chi connectivity index (χ3v) is 3.46. The molecule has 3 rings (SSSR count). The maximum absolute atomic E-state index is 13.6. The number of hydrogen-bond donors (Lipinski definition) is 1. The molecule has 1 fully saturated rings. The summed E-state index contributed by atoms with van der Waals surface area (Å²) in [4.78, 5) is 3.14. The van der Waals surface area contributed by atoms with E-state index < -0.39 is 0 Å². The minimum absolute atomic E-state index is 0.0941. The third kappa shape index (κ3) is 1.29. The monoisotopic (exact) mass is 210 g/mol. The van der Waals surface area contributed by atoms with Gasteiger partial charge >= 0.3 is 0 Å². The van der Waals surface area contributed by atoms with Gasteiger partial charge in [-0.3, -0.25) is 0 Å². The van der Waals surface area contributed by atoms with Gasteiger partial charge in [-0.05, 0) is 36.9 Å². The minimum Gasteiger partial charge on any atom is -0.352 e. The number of fused-ring (bicyclic) bond motifs is 1. The highest BCUT2D eigenvalue weighted by Crippen LogP contribution is 2.40. The van der Waals surface area contributed by atoms with Gasteiger partial charge < -0.3 is 4.90 Å². The molecule has 0 saturated heterocycles. The molecule has 0 amide bonds. The van der Waals surface area contributed by atoms with Crippen molar-refractivity contribution in [2.24, 2.45) is 0 Å². The Balaban J connectivity index is 2.07. The lowest BCUT2D eigenvalue weighted by molar-refractivity contribution is 0.606. The van der Waals surface area contributed by atoms with Gasteiger partial charge in [0.05, 0.1) is 12.4 Å². The molecule has 1 heterocycles. The molecule has 2 nitrogen and oxygen atoms in total. The van der Waals surface area contributed by atoms with E-state index in [2.05, 4.69) is 9.62 Å². The molecule has 1 N–H and O–H groups in total. The van der Waals surface area contributed by atoms with Crippen LogP contribution in [0.4, 0.5) is 10.1 Å². The number of rotatable bonds is 1. The van der Waals surface area contributed by atoms with Gasteiger partial charge in [-0.1, -0.05) is 6.07 Å². The number of halogens is 1. The summed E-state index contributed by atoms with van der Waals surface area (Å²) >= 11 is 1.52. The van der Waals surface area contributed by atoms with E-state index in [-0.39, 0.29) is 5.82 Å². The fraction of sp³-hybridized carbons (Fsp3) is 0.400. The summed E-state index contributed by atoms with van der Waals surface area (Å²) < 4.78 is 16.8. The molecule has 0 atom stereocenters. The number of hydrogen-bond acceptors (Lipinski definition) is 3. The van der Waals surface area contributed by atoms with E-state index in [0.717, 1.165) is 17.3 Å². The Kier molecular flexibility index (Phi) is 1.92. The first kappa shape index (κ1) is 8.56. The number of para-hydroxylation sites is 1. The Morgan fingerprint density at radius 2 is 2.29 bits per heavy atom. The van der Waals surface area contributed by atoms with Crippen LogP contribution in [-0.2, 0) is 0 Å². The van der Waals surface area contributed by atoms with Crippen LogP contribution in [0.15, 0.2) is 23.1 Å². The number of nitrogens with one attached hydrogen (secondary N) is 1. The van der Waals surface area contributed by atoms with Crippen molar-refractivity contribution in [3.8, 4) is 0 Å². The van der Waals surface area contributed by atoms with Gasteiger partial charge in [0.25, 0.3) is 0 Å². The van der Waals surface area contributed by atoms with Crippen molar-refractivity contribution < 1.29 is 4.39 Å². The lowest BCUT2D eigenvalue weighted by Gasteiger charge is -2.31. The van der Waals surface area contributed by atoms with Gasteiger partial charge in [0.1, 0.15) is 5.82 Å². The van der Waals surface area contributed by atoms with E-state index in [1.165, 1.54) is 24.8 Å². The summed E-state index contributed by atoms with van der Waals surface area (Å²) in [5.41, 5.74) is 0.791. The molecule has 1 aromatic rings. The molecule has 1 aromatic carbocycles. The molecule has 0 aromatic heterocycles. The van der Waals surface area contributed by atoms with Crippen molar-refractivity contribution in [2.75, 3.05) is 11.6 Å². The fourth-order valence-corrected chi connectivity index (χ4v) is 2.63. The van der Waals surface area contributed by atoms with Crippen molar-refractivity contribution in [1.29, 1.82) is 0 Å². The molecule has 1 aliphatic heterocycles. The van der Waals surface area contributed by atoms with E-state index in [9.17, 15) is 4.39 Å². The lowest BCUT2D eigenvalue weighted by atomic mass is 10.2. The van der Waals surface area contributed by atoms with Crippen molar-refractivity contribution in [3.05, 3.63) is 24.0 Å². The second-order valence-corrected chi connectivity index (χ2v) is 4.62. The van der Waals surface area contributed by atoms with E-state index in [4.69, 9.17) is 0 Å². The van der Waals surface area contributed by atoms with Crippen LogP contribution < -0.4 is 9.62 Å². The third-order valence-electron chi connectivity index (χ3n) is 2.64. The van der Waals surface area contributed by atoms with Gasteiger partial charge in [-0.15, -0.1) is 0 Å². The average Bonchev–Trinajstić information content (AvgIpc) is 3.01. The lowest BCUT2D eigenvalue weighted by Crippen LogP contribution is -2.37. The quantitative estimate of drug-likeness (QED) is 0.716. The number of anilines is 1. The Labute approximate surface area is 86.6 Å². The van der Waals surface area contributed by atoms with Crippen LogP contribution >= 0.6 is 11.9 Å². The van der Waals surface area contributed by atoms with Gasteiger partial charge in [0.15, 0.2) is 0 Å². The first-order chi connectivity index (χ1) is 6.86. The summed E-state index contributed by atoms with van der Waals surface area (Å²) in [7, 11) is 0. The maximum atomic E-state index is 13.6. The number of benzene rings is 1. The van der Waals surface area contributed by atoms with Crippen molar-refractivity contribution >= 4 is 17.6 Å². The average molecular weight is 210 g/mol. The minimum atomic E-state index is -0.0941. The first-order valence-corrected chi connectivity index (χ1v) is 5.63. The van der Waals surface area contributed by atoms with E-state index in [0.29, 0.717) is 6.04 Å². The highest BCUT2D eigenvalue weighted by molar-refractivity contribution is 7.97. The zero-order valence-electron chi connectivity index (χ0n) is 7.66. The second-order valence-electron chi connectivity index (χ2n) is 3.69. The summed E-state index contributed by atoms with van der Waals surface area (Å²) in [5.74, 6) is -0.0941. The standard InChI is InChI=1S/C10H11FN2S/c11-8-2-1-3-9-10(8)13(6-12-14-9)7-4-5-7/h1-3,7,12H,4-6H2. The van der Waals surface area contributed by atoms with Crippen LogP contribution in [0.2, 0.25) is 0 Å². The van der Waals surface area contributed by atoms with E-state index >= 15 is 0 Å². The molecule has 0 radical (unpaired) electrons. The molecule has 1 aliphatic carbocycles. The zero-order chi connectivity index (χ0) is 9.54. The van der Waals surface area contributed by atoms with Gasteiger partial charge in [-0.25, -0.2) is 9.11 Å². The molecule has 0 spiro atoms. The summed E-state index contributed by atoms with van der Waals surface area (Å²) in [6.45, 7) is 0.753. The Morgan fingerprint density at radius 3 is 3.07 bits per heavy atom. The Hall–Kier alpha value is -0.740. The molecular weight excluding hydrogens is 199 g/mol. The maximum Gasteiger partial charge on any atom is 0.147 e. The van der Waals surface area contributed by atoms with Crippen LogP contribution in [-0.4, -0.2) is 12.7 Å². The molecular formula is C10H11FN2S.